The van der Waals surface area contributed by atoms with E-state index in [0.717, 1.165) is 24.3 Å². The van der Waals surface area contributed by atoms with Crippen LogP contribution in [0.4, 0.5) is 10.5 Å². The molecule has 6 heteroatoms. The van der Waals surface area contributed by atoms with Gasteiger partial charge in [0.2, 0.25) is 0 Å². The van der Waals surface area contributed by atoms with Gasteiger partial charge in [-0.15, -0.1) is 0 Å². The van der Waals surface area contributed by atoms with E-state index < -0.39 is 0 Å². The predicted molar refractivity (Wildman–Crippen MR) is 101 cm³/mol. The number of ether oxygens (including phenoxy) is 1. The Morgan fingerprint density at radius 3 is 2.27 bits per heavy atom. The first-order valence-corrected chi connectivity index (χ1v) is 8.71. The van der Waals surface area contributed by atoms with Crippen molar-refractivity contribution in [2.24, 2.45) is 0 Å². The van der Waals surface area contributed by atoms with Crippen LogP contribution < -0.4 is 15.4 Å². The van der Waals surface area contributed by atoms with Crippen molar-refractivity contribution in [3.8, 4) is 5.75 Å². The van der Waals surface area contributed by atoms with Gasteiger partial charge in [0, 0.05) is 30.4 Å². The lowest BCUT2D eigenvalue weighted by Crippen LogP contribution is -2.47. The highest BCUT2D eigenvalue weighted by Gasteiger charge is 2.24. The molecule has 1 fully saturated rings. The van der Waals surface area contributed by atoms with Gasteiger partial charge in [0.1, 0.15) is 5.75 Å². The summed E-state index contributed by atoms with van der Waals surface area (Å²) in [7, 11) is 1.59. The summed E-state index contributed by atoms with van der Waals surface area (Å²) in [5, 5.41) is 5.94. The quantitative estimate of drug-likeness (QED) is 0.887. The van der Waals surface area contributed by atoms with E-state index in [-0.39, 0.29) is 18.0 Å². The van der Waals surface area contributed by atoms with Crippen molar-refractivity contribution >= 4 is 17.6 Å². The average Bonchev–Trinajstić information content (AvgIpc) is 2.69. The molecule has 0 bridgehead atoms. The second-order valence-electron chi connectivity index (χ2n) is 6.26. The highest BCUT2D eigenvalue weighted by Crippen LogP contribution is 2.15. The number of benzene rings is 2. The second kappa shape index (κ2) is 8.38. The average molecular weight is 353 g/mol. The zero-order valence-electron chi connectivity index (χ0n) is 14.8. The fourth-order valence-corrected chi connectivity index (χ4v) is 2.96. The summed E-state index contributed by atoms with van der Waals surface area (Å²) in [6, 6.07) is 16.4. The highest BCUT2D eigenvalue weighted by atomic mass is 16.5. The molecular weight excluding hydrogens is 330 g/mol. The van der Waals surface area contributed by atoms with Gasteiger partial charge in [0.15, 0.2) is 0 Å². The Labute approximate surface area is 153 Å². The van der Waals surface area contributed by atoms with E-state index in [4.69, 9.17) is 4.74 Å². The molecule has 2 N–H and O–H groups in total. The lowest BCUT2D eigenvalue weighted by molar-refractivity contribution is 0.0919. The minimum absolute atomic E-state index is 0.0744. The van der Waals surface area contributed by atoms with Crippen molar-refractivity contribution in [2.45, 2.75) is 18.9 Å². The molecule has 6 nitrogen and oxygen atoms in total. The normalized spacial score (nSPS) is 14.6. The third kappa shape index (κ3) is 4.53. The van der Waals surface area contributed by atoms with Gasteiger partial charge >= 0.3 is 6.03 Å². The first kappa shape index (κ1) is 17.8. The number of nitrogens with one attached hydrogen (secondary N) is 2. The number of carbonyl (C=O) groups excluding carboxylic acids is 2. The molecule has 3 amide bonds. The molecule has 0 spiro atoms. The number of para-hydroxylation sites is 1. The van der Waals surface area contributed by atoms with E-state index in [2.05, 4.69) is 10.6 Å². The maximum absolute atomic E-state index is 12.3. The maximum atomic E-state index is 12.3. The molecule has 3 rings (SSSR count). The molecule has 136 valence electrons. The van der Waals surface area contributed by atoms with Crippen molar-refractivity contribution in [1.29, 1.82) is 0 Å². The number of likely N-dealkylation sites (tertiary alicyclic amines) is 1. The standard InChI is InChI=1S/C20H23N3O3/c1-26-18-9-7-15(8-10-18)19(24)21-17-11-13-23(14-12-17)20(25)22-16-5-3-2-4-6-16/h2-10,17H,11-14H2,1H3,(H,21,24)(H,22,25). The monoisotopic (exact) mass is 353 g/mol. The third-order valence-electron chi connectivity index (χ3n) is 4.49. The summed E-state index contributed by atoms with van der Waals surface area (Å²) in [5.41, 5.74) is 1.39. The molecule has 0 aliphatic carbocycles. The van der Waals surface area contributed by atoms with Crippen molar-refractivity contribution in [3.05, 3.63) is 60.2 Å². The maximum Gasteiger partial charge on any atom is 0.321 e. The zero-order valence-corrected chi connectivity index (χ0v) is 14.8. The van der Waals surface area contributed by atoms with Crippen LogP contribution in [0.15, 0.2) is 54.6 Å². The Bertz CT molecular complexity index is 739. The molecule has 1 aliphatic heterocycles. The molecule has 0 unspecified atom stereocenters. The molecule has 1 saturated heterocycles. The van der Waals surface area contributed by atoms with Crippen LogP contribution in [0.5, 0.6) is 5.75 Å². The lowest BCUT2D eigenvalue weighted by atomic mass is 10.0. The minimum Gasteiger partial charge on any atom is -0.497 e. The van der Waals surface area contributed by atoms with Gasteiger partial charge in [-0.1, -0.05) is 18.2 Å². The van der Waals surface area contributed by atoms with Gasteiger partial charge in [-0.25, -0.2) is 4.79 Å². The van der Waals surface area contributed by atoms with Gasteiger partial charge < -0.3 is 20.3 Å². The zero-order chi connectivity index (χ0) is 18.4. The summed E-state index contributed by atoms with van der Waals surface area (Å²) in [6.07, 6.45) is 1.48. The molecule has 1 heterocycles. The summed E-state index contributed by atoms with van der Waals surface area (Å²) in [5.74, 6) is 0.624. The summed E-state index contributed by atoms with van der Waals surface area (Å²) in [4.78, 5) is 26.4. The lowest BCUT2D eigenvalue weighted by Gasteiger charge is -2.32. The number of rotatable bonds is 4. The predicted octanol–water partition coefficient (Wildman–Crippen LogP) is 3.12. The molecule has 0 atom stereocenters. The van der Waals surface area contributed by atoms with Crippen LogP contribution in [0, 0.1) is 0 Å². The molecule has 1 aliphatic rings. The number of carbonyl (C=O) groups is 2. The Morgan fingerprint density at radius 2 is 1.65 bits per heavy atom. The smallest absolute Gasteiger partial charge is 0.321 e. The van der Waals surface area contributed by atoms with Crippen LogP contribution in [0.1, 0.15) is 23.2 Å². The molecule has 0 saturated carbocycles. The molecule has 0 aromatic heterocycles. The van der Waals surface area contributed by atoms with E-state index in [0.29, 0.717) is 18.7 Å². The summed E-state index contributed by atoms with van der Waals surface area (Å²) >= 11 is 0. The fraction of sp³-hybridized carbons (Fsp3) is 0.300. The number of nitrogens with zero attached hydrogens (tertiary/aromatic N) is 1. The van der Waals surface area contributed by atoms with Gasteiger partial charge in [-0.2, -0.15) is 0 Å². The topological polar surface area (TPSA) is 70.7 Å². The molecule has 2 aromatic rings. The number of hydrogen-bond donors (Lipinski definition) is 2. The summed E-state index contributed by atoms with van der Waals surface area (Å²) < 4.78 is 5.10. The SMILES string of the molecule is COc1ccc(C(=O)NC2CCN(C(=O)Nc3ccccc3)CC2)cc1. The van der Waals surface area contributed by atoms with Crippen molar-refractivity contribution in [2.75, 3.05) is 25.5 Å². The van der Waals surface area contributed by atoms with Gasteiger partial charge in [-0.3, -0.25) is 4.79 Å². The van der Waals surface area contributed by atoms with Gasteiger partial charge in [0.05, 0.1) is 7.11 Å². The number of anilines is 1. The Balaban J connectivity index is 1.47. The van der Waals surface area contributed by atoms with E-state index in [9.17, 15) is 9.59 Å². The van der Waals surface area contributed by atoms with Crippen LogP contribution in [-0.2, 0) is 0 Å². The number of hydrogen-bond acceptors (Lipinski definition) is 3. The van der Waals surface area contributed by atoms with Crippen LogP contribution in [-0.4, -0.2) is 43.1 Å². The van der Waals surface area contributed by atoms with Gasteiger partial charge in [0.25, 0.3) is 5.91 Å². The van der Waals surface area contributed by atoms with E-state index in [1.807, 2.05) is 30.3 Å². The van der Waals surface area contributed by atoms with E-state index in [1.54, 1.807) is 36.3 Å². The fourth-order valence-electron chi connectivity index (χ4n) is 2.96. The highest BCUT2D eigenvalue weighted by molar-refractivity contribution is 5.94. The third-order valence-corrected chi connectivity index (χ3v) is 4.49. The Hall–Kier alpha value is -3.02. The van der Waals surface area contributed by atoms with Crippen LogP contribution in [0.2, 0.25) is 0 Å². The van der Waals surface area contributed by atoms with Crippen LogP contribution in [0.25, 0.3) is 0 Å². The number of piperidine rings is 1. The summed E-state index contributed by atoms with van der Waals surface area (Å²) in [6.45, 7) is 1.23. The Kier molecular flexibility index (Phi) is 5.73. The van der Waals surface area contributed by atoms with Crippen LogP contribution >= 0.6 is 0 Å². The van der Waals surface area contributed by atoms with Crippen LogP contribution in [0.3, 0.4) is 0 Å². The molecular formula is C20H23N3O3. The van der Waals surface area contributed by atoms with E-state index >= 15 is 0 Å². The molecule has 2 aromatic carbocycles. The first-order valence-electron chi connectivity index (χ1n) is 8.71. The number of urea groups is 1. The molecule has 26 heavy (non-hydrogen) atoms. The Morgan fingerprint density at radius 1 is 1.00 bits per heavy atom. The first-order chi connectivity index (χ1) is 12.7. The minimum atomic E-state index is -0.101. The van der Waals surface area contributed by atoms with E-state index in [1.165, 1.54) is 0 Å². The van der Waals surface area contributed by atoms with Crippen molar-refractivity contribution in [3.63, 3.8) is 0 Å². The molecule has 0 radical (unpaired) electrons. The van der Waals surface area contributed by atoms with Gasteiger partial charge in [-0.05, 0) is 49.2 Å². The second-order valence-corrected chi connectivity index (χ2v) is 6.26. The van der Waals surface area contributed by atoms with Crippen molar-refractivity contribution in [1.82, 2.24) is 10.2 Å². The van der Waals surface area contributed by atoms with Crippen molar-refractivity contribution < 1.29 is 14.3 Å². The number of amides is 3. The number of methoxy groups -OCH3 is 1. The largest absolute Gasteiger partial charge is 0.497 e.